The lowest BCUT2D eigenvalue weighted by molar-refractivity contribution is 0.0730. The minimum absolute atomic E-state index is 0.109. The van der Waals surface area contributed by atoms with E-state index >= 15 is 0 Å². The zero-order valence-electron chi connectivity index (χ0n) is 16.6. The van der Waals surface area contributed by atoms with Crippen LogP contribution in [-0.4, -0.2) is 80.5 Å². The van der Waals surface area contributed by atoms with Crippen molar-refractivity contribution in [1.82, 2.24) is 19.5 Å². The molecule has 0 saturated carbocycles. The average Bonchev–Trinajstić information content (AvgIpc) is 3.19. The zero-order chi connectivity index (χ0) is 20.1. The molecule has 0 radical (unpaired) electrons. The second-order valence-electron chi connectivity index (χ2n) is 7.60. The molecule has 8 nitrogen and oxygen atoms in total. The van der Waals surface area contributed by atoms with Gasteiger partial charge in [-0.3, -0.25) is 9.69 Å². The molecule has 156 valence electrons. The first-order valence-electron chi connectivity index (χ1n) is 9.79. The molecule has 2 fully saturated rings. The molecule has 1 amide bonds. The van der Waals surface area contributed by atoms with Crippen LogP contribution in [0.2, 0.25) is 0 Å². The highest BCUT2D eigenvalue weighted by atomic mass is 32.2. The molecule has 2 N–H and O–H groups in total. The fourth-order valence-corrected chi connectivity index (χ4v) is 4.83. The Labute approximate surface area is 167 Å². The van der Waals surface area contributed by atoms with Gasteiger partial charge in [0.1, 0.15) is 10.6 Å². The van der Waals surface area contributed by atoms with Gasteiger partial charge in [-0.2, -0.15) is 4.31 Å². The third-order valence-corrected chi connectivity index (χ3v) is 7.07. The largest absolute Gasteiger partial charge is 0.379 e. The number of carbonyl (C=O) groups excluding carboxylic acids is 1. The van der Waals surface area contributed by atoms with Gasteiger partial charge in [0.2, 0.25) is 10.0 Å². The number of rotatable bonds is 6. The third kappa shape index (κ3) is 5.22. The number of allylic oxidation sites excluding steroid dienone is 1. The van der Waals surface area contributed by atoms with E-state index in [1.165, 1.54) is 22.1 Å². The molecule has 0 unspecified atom stereocenters. The van der Waals surface area contributed by atoms with E-state index < -0.39 is 10.0 Å². The van der Waals surface area contributed by atoms with Gasteiger partial charge in [0, 0.05) is 45.0 Å². The second-order valence-corrected chi connectivity index (χ2v) is 9.53. The number of ether oxygens (including phenoxy) is 1. The number of aromatic amines is 1. The highest BCUT2D eigenvalue weighted by molar-refractivity contribution is 7.89. The molecule has 28 heavy (non-hydrogen) atoms. The summed E-state index contributed by atoms with van der Waals surface area (Å²) in [6.07, 6.45) is 5.39. The number of likely N-dealkylation sites (tertiary alicyclic amines) is 1. The van der Waals surface area contributed by atoms with Crippen LogP contribution in [0.25, 0.3) is 0 Å². The lowest BCUT2D eigenvalue weighted by Gasteiger charge is -2.31. The lowest BCUT2D eigenvalue weighted by atomic mass is 10.0. The van der Waals surface area contributed by atoms with Crippen LogP contribution in [-0.2, 0) is 14.8 Å². The number of hydrogen-bond acceptors (Lipinski definition) is 5. The number of amides is 1. The number of H-pyrrole nitrogens is 1. The van der Waals surface area contributed by atoms with Gasteiger partial charge in [0.25, 0.3) is 5.91 Å². The smallest absolute Gasteiger partial charge is 0.267 e. The summed E-state index contributed by atoms with van der Waals surface area (Å²) >= 11 is 0. The minimum Gasteiger partial charge on any atom is -0.379 e. The molecule has 0 bridgehead atoms. The van der Waals surface area contributed by atoms with Gasteiger partial charge in [0.15, 0.2) is 0 Å². The second kappa shape index (κ2) is 9.21. The number of carbonyl (C=O) groups is 1. The van der Waals surface area contributed by atoms with Crippen molar-refractivity contribution >= 4 is 15.9 Å². The van der Waals surface area contributed by atoms with E-state index in [1.807, 2.05) is 0 Å². The monoisotopic (exact) mass is 410 g/mol. The predicted molar refractivity (Wildman–Crippen MR) is 107 cm³/mol. The molecular weight excluding hydrogens is 380 g/mol. The molecule has 1 aromatic rings. The topological polar surface area (TPSA) is 94.7 Å². The summed E-state index contributed by atoms with van der Waals surface area (Å²) in [7, 11) is -3.60. The molecule has 3 heterocycles. The summed E-state index contributed by atoms with van der Waals surface area (Å²) in [6, 6.07) is 1.53. The first-order valence-corrected chi connectivity index (χ1v) is 11.2. The Hall–Kier alpha value is -1.68. The van der Waals surface area contributed by atoms with Gasteiger partial charge < -0.3 is 15.0 Å². The van der Waals surface area contributed by atoms with Crippen molar-refractivity contribution in [2.75, 3.05) is 45.9 Å². The third-order valence-electron chi connectivity index (χ3n) is 5.19. The Bertz CT molecular complexity index is 800. The molecule has 0 aliphatic carbocycles. The van der Waals surface area contributed by atoms with E-state index in [2.05, 4.69) is 35.1 Å². The van der Waals surface area contributed by atoms with Crippen molar-refractivity contribution in [1.29, 1.82) is 0 Å². The zero-order valence-corrected chi connectivity index (χ0v) is 17.4. The molecule has 2 aliphatic rings. The number of hydrogen-bond donors (Lipinski definition) is 2. The molecule has 0 atom stereocenters. The lowest BCUT2D eigenvalue weighted by Crippen LogP contribution is -2.44. The Morgan fingerprint density at radius 3 is 2.57 bits per heavy atom. The van der Waals surface area contributed by atoms with E-state index in [4.69, 9.17) is 4.74 Å². The van der Waals surface area contributed by atoms with Crippen molar-refractivity contribution in [3.63, 3.8) is 0 Å². The molecule has 9 heteroatoms. The standard InChI is InChI=1S/C19H30N4O4S/c1-15(2)3-6-22-7-4-16(5-8-22)21-19(24)18-13-17(14-20-18)28(25,26)23-9-11-27-12-10-23/h3,13-14,16,20H,4-12H2,1-2H3,(H,21,24). The van der Waals surface area contributed by atoms with Gasteiger partial charge in [0.05, 0.1) is 13.2 Å². The summed E-state index contributed by atoms with van der Waals surface area (Å²) in [5.41, 5.74) is 1.59. The molecule has 0 spiro atoms. The minimum atomic E-state index is -3.60. The Kier molecular flexibility index (Phi) is 6.92. The summed E-state index contributed by atoms with van der Waals surface area (Å²) in [4.78, 5) is 17.8. The number of piperidine rings is 1. The fourth-order valence-electron chi connectivity index (χ4n) is 3.43. The Morgan fingerprint density at radius 2 is 1.93 bits per heavy atom. The number of nitrogens with one attached hydrogen (secondary N) is 2. The summed E-state index contributed by atoms with van der Waals surface area (Å²) in [5.74, 6) is -0.258. The van der Waals surface area contributed by atoms with Gasteiger partial charge in [-0.1, -0.05) is 11.6 Å². The maximum Gasteiger partial charge on any atom is 0.267 e. The van der Waals surface area contributed by atoms with Gasteiger partial charge >= 0.3 is 0 Å². The molecular formula is C19H30N4O4S. The van der Waals surface area contributed by atoms with Crippen molar-refractivity contribution in [2.45, 2.75) is 37.6 Å². The van der Waals surface area contributed by atoms with Crippen molar-refractivity contribution in [3.05, 3.63) is 29.6 Å². The van der Waals surface area contributed by atoms with Gasteiger partial charge in [-0.05, 0) is 32.8 Å². The maximum atomic E-state index is 12.7. The Morgan fingerprint density at radius 1 is 1.25 bits per heavy atom. The number of aromatic nitrogens is 1. The highest BCUT2D eigenvalue weighted by Gasteiger charge is 2.28. The molecule has 1 aromatic heterocycles. The summed E-state index contributed by atoms with van der Waals surface area (Å²) in [6.45, 7) is 8.47. The van der Waals surface area contributed by atoms with Crippen LogP contribution in [0.4, 0.5) is 0 Å². The first-order chi connectivity index (χ1) is 13.4. The Balaban J connectivity index is 1.54. The van der Waals surface area contributed by atoms with Crippen LogP contribution >= 0.6 is 0 Å². The first kappa shape index (κ1) is 21.0. The number of sulfonamides is 1. The highest BCUT2D eigenvalue weighted by Crippen LogP contribution is 2.18. The van der Waals surface area contributed by atoms with E-state index in [9.17, 15) is 13.2 Å². The van der Waals surface area contributed by atoms with Crippen molar-refractivity contribution in [2.24, 2.45) is 0 Å². The summed E-state index contributed by atoms with van der Waals surface area (Å²) < 4.78 is 31.9. The van der Waals surface area contributed by atoms with E-state index in [-0.39, 0.29) is 22.5 Å². The van der Waals surface area contributed by atoms with Crippen LogP contribution in [0.1, 0.15) is 37.2 Å². The van der Waals surface area contributed by atoms with E-state index in [0.717, 1.165) is 32.5 Å². The van der Waals surface area contributed by atoms with Crippen LogP contribution in [0.5, 0.6) is 0 Å². The fraction of sp³-hybridized carbons (Fsp3) is 0.632. The van der Waals surface area contributed by atoms with Crippen LogP contribution in [0.15, 0.2) is 28.8 Å². The SMILES string of the molecule is CC(C)=CCN1CCC(NC(=O)c2cc(S(=O)(=O)N3CCOCC3)c[nH]2)CC1. The summed E-state index contributed by atoms with van der Waals surface area (Å²) in [5, 5.41) is 3.02. The number of nitrogens with zero attached hydrogens (tertiary/aromatic N) is 2. The van der Waals surface area contributed by atoms with Gasteiger partial charge in [-0.15, -0.1) is 0 Å². The maximum absolute atomic E-state index is 12.7. The van der Waals surface area contributed by atoms with E-state index in [1.54, 1.807) is 0 Å². The predicted octanol–water partition coefficient (Wildman–Crippen LogP) is 1.20. The molecule has 0 aromatic carbocycles. The van der Waals surface area contributed by atoms with Crippen molar-refractivity contribution in [3.8, 4) is 0 Å². The molecule has 2 saturated heterocycles. The van der Waals surface area contributed by atoms with Crippen LogP contribution < -0.4 is 5.32 Å². The molecule has 3 rings (SSSR count). The normalized spacial score (nSPS) is 20.1. The van der Waals surface area contributed by atoms with Crippen molar-refractivity contribution < 1.29 is 17.9 Å². The van der Waals surface area contributed by atoms with Gasteiger partial charge in [-0.25, -0.2) is 8.42 Å². The van der Waals surface area contributed by atoms with Crippen LogP contribution in [0.3, 0.4) is 0 Å². The quantitative estimate of drug-likeness (QED) is 0.687. The number of morpholine rings is 1. The van der Waals surface area contributed by atoms with E-state index in [0.29, 0.717) is 26.3 Å². The van der Waals surface area contributed by atoms with Crippen LogP contribution in [0, 0.1) is 0 Å². The molecule has 2 aliphatic heterocycles. The average molecular weight is 411 g/mol.